The van der Waals surface area contributed by atoms with Crippen LogP contribution in [0.25, 0.3) is 0 Å². The van der Waals surface area contributed by atoms with Crippen molar-refractivity contribution in [2.24, 2.45) is 0 Å². The summed E-state index contributed by atoms with van der Waals surface area (Å²) in [5, 5.41) is 0. The fourth-order valence-electron chi connectivity index (χ4n) is 1.24. The van der Waals surface area contributed by atoms with Crippen molar-refractivity contribution in [1.82, 2.24) is 0 Å². The summed E-state index contributed by atoms with van der Waals surface area (Å²) >= 11 is 6.20. The van der Waals surface area contributed by atoms with E-state index in [2.05, 4.69) is 45.2 Å². The number of carbonyl (C=O) groups is 1. The summed E-state index contributed by atoms with van der Waals surface area (Å²) in [5.41, 5.74) is 0.561. The van der Waals surface area contributed by atoms with E-state index < -0.39 is 10.1 Å². The van der Waals surface area contributed by atoms with Gasteiger partial charge in [-0.15, -0.1) is 0 Å². The predicted molar refractivity (Wildman–Crippen MR) is 97.6 cm³/mol. The van der Waals surface area contributed by atoms with Crippen LogP contribution < -0.4 is 34.3 Å². The molecule has 0 amide bonds. The number of benzene rings is 1. The molecule has 0 fully saturated rings. The molecule has 1 aromatic carbocycles. The van der Waals surface area contributed by atoms with Crippen molar-refractivity contribution in [3.8, 4) is 5.75 Å². The van der Waals surface area contributed by atoms with E-state index in [1.54, 1.807) is 0 Å². The Hall–Kier alpha value is 1.79. The van der Waals surface area contributed by atoms with Crippen LogP contribution in [0.1, 0.15) is 18.2 Å². The number of aldehydes is 1. The third-order valence-corrected chi connectivity index (χ3v) is 5.64. The van der Waals surface area contributed by atoms with Gasteiger partial charge >= 0.3 is 29.6 Å². The summed E-state index contributed by atoms with van der Waals surface area (Å²) < 4.78 is 37.7. The molecule has 0 atom stereocenters. The third-order valence-electron chi connectivity index (χ3n) is 2.07. The number of carbonyl (C=O) groups excluding carboxylic acids is 1. The molecule has 0 heterocycles. The fraction of sp³-hybridized carbons (Fsp3) is 0.300. The van der Waals surface area contributed by atoms with Crippen LogP contribution in [-0.4, -0.2) is 31.6 Å². The molecule has 5 nitrogen and oxygen atoms in total. The molecule has 0 bridgehead atoms. The van der Waals surface area contributed by atoms with Crippen LogP contribution >= 0.6 is 67.8 Å². The summed E-state index contributed by atoms with van der Waals surface area (Å²) in [4.78, 5) is 11.0. The Morgan fingerprint density at radius 1 is 1.30 bits per heavy atom. The normalized spacial score (nSPS) is 10.8. The Morgan fingerprint density at radius 3 is 2.40 bits per heavy atom. The minimum atomic E-state index is -3.96. The predicted octanol–water partition coefficient (Wildman–Crippen LogP) is 0.0861. The molecular weight excluding hydrogens is 636 g/mol. The second-order valence-electron chi connectivity index (χ2n) is 3.50. The average molecular weight is 646 g/mol. The first-order valence-corrected chi connectivity index (χ1v) is 9.81. The van der Waals surface area contributed by atoms with Gasteiger partial charge in [0.05, 0.1) is 19.5 Å². The van der Waals surface area contributed by atoms with Gasteiger partial charge in [-0.25, -0.2) is 0 Å². The smallest absolute Gasteiger partial charge is 1.00 e. The molecule has 0 aromatic heterocycles. The fourth-order valence-corrected chi connectivity index (χ4v) is 5.66. The van der Waals surface area contributed by atoms with E-state index >= 15 is 0 Å². The SMILES string of the molecule is O=Cc1c(I)cc(I)c(OCCCS(=O)(=O)O)c1I.[H-].[Na+]. The van der Waals surface area contributed by atoms with E-state index in [-0.39, 0.29) is 49.8 Å². The van der Waals surface area contributed by atoms with Crippen LogP contribution in [0.2, 0.25) is 0 Å². The van der Waals surface area contributed by atoms with Crippen molar-refractivity contribution in [1.29, 1.82) is 0 Å². The van der Waals surface area contributed by atoms with Gasteiger partial charge < -0.3 is 6.16 Å². The molecule has 0 aliphatic heterocycles. The quantitative estimate of drug-likeness (QED) is 0.156. The molecule has 20 heavy (non-hydrogen) atoms. The maximum absolute atomic E-state index is 11.0. The Bertz CT molecular complexity index is 597. The summed E-state index contributed by atoms with van der Waals surface area (Å²) in [6.45, 7) is 0.157. The van der Waals surface area contributed by atoms with Crippen LogP contribution in [0.4, 0.5) is 0 Å². The number of halogens is 3. The van der Waals surface area contributed by atoms with Gasteiger partial charge in [-0.1, -0.05) is 0 Å². The maximum Gasteiger partial charge on any atom is 1.00 e. The van der Waals surface area contributed by atoms with Crippen molar-refractivity contribution >= 4 is 84.2 Å². The van der Waals surface area contributed by atoms with E-state index in [9.17, 15) is 13.2 Å². The van der Waals surface area contributed by atoms with Gasteiger partial charge in [-0.05, 0) is 80.3 Å². The summed E-state index contributed by atoms with van der Waals surface area (Å²) in [6.07, 6.45) is 0.956. The second kappa shape index (κ2) is 9.82. The molecule has 1 N–H and O–H groups in total. The molecule has 0 aliphatic rings. The molecule has 1 aromatic rings. The number of rotatable bonds is 6. The molecule has 108 valence electrons. The topological polar surface area (TPSA) is 80.7 Å². The van der Waals surface area contributed by atoms with E-state index in [1.165, 1.54) is 0 Å². The molecule has 10 heteroatoms. The number of ether oxygens (including phenoxy) is 1. The standard InChI is InChI=1S/C10H9I3O5S.Na.H/c11-7-4-8(12)10(9(13)6(7)5-14)18-2-1-3-19(15,16)17;;/h4-5H,1-3H2,(H,15,16,17);;/q;+1;-1. The van der Waals surface area contributed by atoms with Crippen molar-refractivity contribution in [2.75, 3.05) is 12.4 Å². The monoisotopic (exact) mass is 646 g/mol. The zero-order chi connectivity index (χ0) is 14.6. The molecule has 0 saturated heterocycles. The van der Waals surface area contributed by atoms with Gasteiger partial charge in [0.25, 0.3) is 10.1 Å². The Morgan fingerprint density at radius 2 is 1.90 bits per heavy atom. The first-order valence-electron chi connectivity index (χ1n) is 4.97. The van der Waals surface area contributed by atoms with E-state index in [0.717, 1.165) is 13.4 Å². The molecule has 0 saturated carbocycles. The molecule has 0 aliphatic carbocycles. The van der Waals surface area contributed by atoms with Crippen LogP contribution in [0, 0.1) is 10.7 Å². The molecule has 0 radical (unpaired) electrons. The van der Waals surface area contributed by atoms with Crippen molar-refractivity contribution in [3.05, 3.63) is 22.3 Å². The van der Waals surface area contributed by atoms with Gasteiger partial charge in [0, 0.05) is 9.13 Å². The minimum Gasteiger partial charge on any atom is -1.00 e. The maximum atomic E-state index is 11.0. The second-order valence-corrected chi connectivity index (χ2v) is 8.48. The van der Waals surface area contributed by atoms with Crippen LogP contribution in [0.3, 0.4) is 0 Å². The zero-order valence-corrected chi connectivity index (χ0v) is 19.7. The Kier molecular flexibility index (Phi) is 10.7. The first kappa shape index (κ1) is 21.8. The van der Waals surface area contributed by atoms with Gasteiger partial charge in [-0.3, -0.25) is 9.35 Å². The summed E-state index contributed by atoms with van der Waals surface area (Å²) in [6, 6.07) is 1.82. The van der Waals surface area contributed by atoms with Crippen LogP contribution in [0.15, 0.2) is 6.07 Å². The van der Waals surface area contributed by atoms with Gasteiger partial charge in [0.1, 0.15) is 5.75 Å². The molecule has 0 spiro atoms. The van der Waals surface area contributed by atoms with Crippen molar-refractivity contribution in [2.45, 2.75) is 6.42 Å². The Labute approximate surface area is 181 Å². The van der Waals surface area contributed by atoms with E-state index in [4.69, 9.17) is 9.29 Å². The molecule has 1 rings (SSSR count). The average Bonchev–Trinajstić information content (AvgIpc) is 2.26. The van der Waals surface area contributed by atoms with Crippen LogP contribution in [0.5, 0.6) is 5.75 Å². The van der Waals surface area contributed by atoms with Gasteiger partial charge in [-0.2, -0.15) is 8.42 Å². The summed E-state index contributed by atoms with van der Waals surface area (Å²) in [7, 11) is -3.96. The number of hydrogen-bond donors (Lipinski definition) is 1. The molecule has 0 unspecified atom stereocenters. The largest absolute Gasteiger partial charge is 1.00 e. The third kappa shape index (κ3) is 6.91. The van der Waals surface area contributed by atoms with Crippen molar-refractivity contribution < 1.29 is 53.5 Å². The van der Waals surface area contributed by atoms with Crippen LogP contribution in [-0.2, 0) is 10.1 Å². The molecular formula is C10H10I3NaO5S. The first-order chi connectivity index (χ1) is 8.76. The van der Waals surface area contributed by atoms with E-state index in [0.29, 0.717) is 14.9 Å². The van der Waals surface area contributed by atoms with E-state index in [1.807, 2.05) is 28.7 Å². The summed E-state index contributed by atoms with van der Waals surface area (Å²) in [5.74, 6) is 0.226. The Balaban J connectivity index is 0. The zero-order valence-electron chi connectivity index (χ0n) is 11.4. The van der Waals surface area contributed by atoms with Gasteiger partial charge in [0.15, 0.2) is 6.29 Å². The number of hydrogen-bond acceptors (Lipinski definition) is 4. The van der Waals surface area contributed by atoms with Crippen molar-refractivity contribution in [3.63, 3.8) is 0 Å². The minimum absolute atomic E-state index is 0. The van der Waals surface area contributed by atoms with Gasteiger partial charge in [0.2, 0.25) is 0 Å².